The number of nitrogens with one attached hydrogen (secondary N) is 1. The number of fused-ring (bicyclic) bond motifs is 1. The lowest BCUT2D eigenvalue weighted by Gasteiger charge is -2.26. The molecule has 1 aliphatic heterocycles. The molecule has 2 aromatic rings. The predicted molar refractivity (Wildman–Crippen MR) is 76.5 cm³/mol. The lowest BCUT2D eigenvalue weighted by atomic mass is 10.1. The van der Waals surface area contributed by atoms with Crippen LogP contribution in [0, 0.1) is 0 Å². The van der Waals surface area contributed by atoms with Gasteiger partial charge in [0.1, 0.15) is 5.69 Å². The Balaban J connectivity index is 1.81. The molecule has 0 radical (unpaired) electrons. The van der Waals surface area contributed by atoms with Crippen molar-refractivity contribution < 1.29 is 4.79 Å². The second-order valence-corrected chi connectivity index (χ2v) is 5.53. The second-order valence-electron chi connectivity index (χ2n) is 4.53. The van der Waals surface area contributed by atoms with Gasteiger partial charge in [-0.25, -0.2) is 0 Å². The van der Waals surface area contributed by atoms with E-state index >= 15 is 0 Å². The summed E-state index contributed by atoms with van der Waals surface area (Å²) in [6.07, 6.45) is 2.61. The minimum atomic E-state index is 0.00829. The van der Waals surface area contributed by atoms with Gasteiger partial charge in [-0.2, -0.15) is 0 Å². The van der Waals surface area contributed by atoms with E-state index in [0.29, 0.717) is 12.2 Å². The van der Waals surface area contributed by atoms with Gasteiger partial charge in [-0.15, -0.1) is 11.3 Å². The predicted octanol–water partition coefficient (Wildman–Crippen LogP) is 2.38. The van der Waals surface area contributed by atoms with Gasteiger partial charge in [0.05, 0.1) is 0 Å². The smallest absolute Gasteiger partial charge is 0.272 e. The summed E-state index contributed by atoms with van der Waals surface area (Å²) in [7, 11) is 1.84. The summed E-state index contributed by atoms with van der Waals surface area (Å²) < 4.78 is 0. The first kappa shape index (κ1) is 12.2. The molecule has 0 saturated carbocycles. The van der Waals surface area contributed by atoms with Gasteiger partial charge in [0.15, 0.2) is 0 Å². The minimum absolute atomic E-state index is 0.00829. The normalized spacial score (nSPS) is 14.1. The number of aromatic nitrogens is 1. The molecule has 1 N–H and O–H groups in total. The highest BCUT2D eigenvalue weighted by atomic mass is 32.1. The van der Waals surface area contributed by atoms with E-state index in [1.54, 1.807) is 23.6 Å². The van der Waals surface area contributed by atoms with Crippen molar-refractivity contribution in [3.63, 3.8) is 0 Å². The first-order chi connectivity index (χ1) is 9.28. The third-order valence-electron chi connectivity index (χ3n) is 3.36. The molecule has 5 heteroatoms. The first-order valence-electron chi connectivity index (χ1n) is 6.26. The van der Waals surface area contributed by atoms with Crippen LogP contribution in [-0.4, -0.2) is 29.4 Å². The van der Waals surface area contributed by atoms with Crippen LogP contribution >= 0.6 is 11.3 Å². The van der Waals surface area contributed by atoms with E-state index in [0.717, 1.165) is 18.7 Å². The molecule has 0 atom stereocenters. The Labute approximate surface area is 116 Å². The van der Waals surface area contributed by atoms with Gasteiger partial charge in [0.2, 0.25) is 0 Å². The number of pyridine rings is 1. The summed E-state index contributed by atoms with van der Waals surface area (Å²) in [4.78, 5) is 19.9. The van der Waals surface area contributed by atoms with Gasteiger partial charge in [0, 0.05) is 36.9 Å². The van der Waals surface area contributed by atoms with Crippen molar-refractivity contribution in [3.05, 3.63) is 45.9 Å². The fourth-order valence-corrected chi connectivity index (χ4v) is 3.18. The number of amides is 1. The zero-order valence-electron chi connectivity index (χ0n) is 10.7. The van der Waals surface area contributed by atoms with Crippen LogP contribution in [0.15, 0.2) is 29.8 Å². The zero-order chi connectivity index (χ0) is 13.2. The number of hydrogen-bond acceptors (Lipinski definition) is 4. The summed E-state index contributed by atoms with van der Waals surface area (Å²) in [6, 6.07) is 5.76. The second kappa shape index (κ2) is 5.01. The molecule has 0 unspecified atom stereocenters. The van der Waals surface area contributed by atoms with Crippen LogP contribution in [-0.2, 0) is 13.0 Å². The Morgan fingerprint density at radius 3 is 3.21 bits per heavy atom. The van der Waals surface area contributed by atoms with E-state index in [1.165, 1.54) is 10.4 Å². The monoisotopic (exact) mass is 273 g/mol. The van der Waals surface area contributed by atoms with Crippen LogP contribution in [0.25, 0.3) is 0 Å². The van der Waals surface area contributed by atoms with E-state index in [9.17, 15) is 4.79 Å². The number of rotatable bonds is 2. The number of carbonyl (C=O) groups is 1. The first-order valence-corrected chi connectivity index (χ1v) is 7.14. The minimum Gasteiger partial charge on any atom is -0.388 e. The third-order valence-corrected chi connectivity index (χ3v) is 4.39. The summed E-state index contributed by atoms with van der Waals surface area (Å²) in [5, 5.41) is 5.12. The van der Waals surface area contributed by atoms with Gasteiger partial charge >= 0.3 is 0 Å². The Morgan fingerprint density at radius 2 is 2.37 bits per heavy atom. The molecule has 0 bridgehead atoms. The van der Waals surface area contributed by atoms with Gasteiger partial charge in [-0.1, -0.05) is 0 Å². The molecule has 0 spiro atoms. The van der Waals surface area contributed by atoms with Gasteiger partial charge < -0.3 is 10.2 Å². The van der Waals surface area contributed by atoms with Crippen molar-refractivity contribution >= 4 is 22.9 Å². The van der Waals surface area contributed by atoms with Crippen LogP contribution in [0.5, 0.6) is 0 Å². The van der Waals surface area contributed by atoms with Crippen LogP contribution in [0.4, 0.5) is 5.69 Å². The van der Waals surface area contributed by atoms with Gasteiger partial charge in [-0.3, -0.25) is 9.78 Å². The molecule has 0 saturated heterocycles. The molecule has 3 heterocycles. The maximum Gasteiger partial charge on any atom is 0.272 e. The number of anilines is 1. The Hall–Kier alpha value is -1.88. The van der Waals surface area contributed by atoms with Crippen LogP contribution < -0.4 is 5.32 Å². The zero-order valence-corrected chi connectivity index (χ0v) is 11.5. The van der Waals surface area contributed by atoms with Crippen molar-refractivity contribution in [2.75, 3.05) is 18.9 Å². The topological polar surface area (TPSA) is 45.2 Å². The quantitative estimate of drug-likeness (QED) is 0.913. The molecule has 0 fully saturated rings. The lowest BCUT2D eigenvalue weighted by Crippen LogP contribution is -2.35. The molecule has 98 valence electrons. The molecule has 2 aromatic heterocycles. The summed E-state index contributed by atoms with van der Waals surface area (Å²) in [5.41, 5.74) is 2.69. The van der Waals surface area contributed by atoms with Crippen LogP contribution in [0.1, 0.15) is 20.9 Å². The molecule has 3 rings (SSSR count). The van der Waals surface area contributed by atoms with Gasteiger partial charge in [0.25, 0.3) is 5.91 Å². The highest BCUT2D eigenvalue weighted by Gasteiger charge is 2.23. The van der Waals surface area contributed by atoms with Crippen LogP contribution in [0.2, 0.25) is 0 Å². The molecule has 1 amide bonds. The molecule has 19 heavy (non-hydrogen) atoms. The number of carbonyl (C=O) groups excluding carboxylic acids is 1. The maximum atomic E-state index is 12.4. The van der Waals surface area contributed by atoms with Crippen molar-refractivity contribution in [2.45, 2.75) is 13.0 Å². The van der Waals surface area contributed by atoms with Crippen molar-refractivity contribution in [3.8, 4) is 0 Å². The molecule has 1 aliphatic rings. The average Bonchev–Trinajstić information content (AvgIpc) is 2.94. The highest BCUT2D eigenvalue weighted by molar-refractivity contribution is 7.10. The molecular formula is C14H15N3OS. The Bertz CT molecular complexity index is 608. The van der Waals surface area contributed by atoms with Gasteiger partial charge in [-0.05, 0) is 35.6 Å². The number of thiophene rings is 1. The number of nitrogens with zero attached hydrogens (tertiary/aromatic N) is 2. The van der Waals surface area contributed by atoms with E-state index < -0.39 is 0 Å². The molecule has 0 aromatic carbocycles. The highest BCUT2D eigenvalue weighted by Crippen LogP contribution is 2.25. The summed E-state index contributed by atoms with van der Waals surface area (Å²) >= 11 is 1.78. The fraction of sp³-hybridized carbons (Fsp3) is 0.286. The Kier molecular flexibility index (Phi) is 3.21. The SMILES string of the molecule is CNc1ccnc(C(=O)N2CCc3sccc3C2)c1. The Morgan fingerprint density at radius 1 is 1.47 bits per heavy atom. The van der Waals surface area contributed by atoms with Crippen molar-refractivity contribution in [2.24, 2.45) is 0 Å². The van der Waals surface area contributed by atoms with Crippen molar-refractivity contribution in [1.29, 1.82) is 0 Å². The number of hydrogen-bond donors (Lipinski definition) is 1. The third kappa shape index (κ3) is 2.33. The van der Waals surface area contributed by atoms with Crippen LogP contribution in [0.3, 0.4) is 0 Å². The van der Waals surface area contributed by atoms with E-state index in [-0.39, 0.29) is 5.91 Å². The lowest BCUT2D eigenvalue weighted by molar-refractivity contribution is 0.0730. The molecular weight excluding hydrogens is 258 g/mol. The average molecular weight is 273 g/mol. The van der Waals surface area contributed by atoms with E-state index in [1.807, 2.05) is 18.0 Å². The standard InChI is InChI=1S/C14H15N3OS/c1-15-11-2-5-16-12(8-11)14(18)17-6-3-13-10(9-17)4-7-19-13/h2,4-5,7-8H,3,6,9H2,1H3,(H,15,16). The van der Waals surface area contributed by atoms with E-state index in [2.05, 4.69) is 21.7 Å². The van der Waals surface area contributed by atoms with Crippen molar-refractivity contribution in [1.82, 2.24) is 9.88 Å². The summed E-state index contributed by atoms with van der Waals surface area (Å²) in [5.74, 6) is 0.00829. The van der Waals surface area contributed by atoms with E-state index in [4.69, 9.17) is 0 Å². The largest absolute Gasteiger partial charge is 0.388 e. The maximum absolute atomic E-state index is 12.4. The summed E-state index contributed by atoms with van der Waals surface area (Å²) in [6.45, 7) is 1.47. The fourth-order valence-electron chi connectivity index (χ4n) is 2.29. The molecule has 4 nitrogen and oxygen atoms in total. The molecule has 0 aliphatic carbocycles.